The molecule has 0 saturated heterocycles. The molecule has 0 amide bonds. The van der Waals surface area contributed by atoms with Gasteiger partial charge in [0.25, 0.3) is 0 Å². The van der Waals surface area contributed by atoms with E-state index >= 15 is 0 Å². The largest absolute Gasteiger partial charge is 0.309 e. The number of rotatable bonds is 4. The molecule has 4 nitrogen and oxygen atoms in total. The van der Waals surface area contributed by atoms with Crippen molar-refractivity contribution < 1.29 is 0 Å². The third-order valence-corrected chi connectivity index (χ3v) is 11.7. The molecule has 0 aliphatic carbocycles. The van der Waals surface area contributed by atoms with Crippen LogP contribution in [0.5, 0.6) is 0 Å². The average molecular weight is 727 g/mol. The van der Waals surface area contributed by atoms with Crippen LogP contribution in [0.3, 0.4) is 0 Å². The molecule has 0 aliphatic heterocycles. The first-order valence-electron chi connectivity index (χ1n) is 19.3. The van der Waals surface area contributed by atoms with E-state index in [4.69, 9.17) is 9.97 Å². The predicted octanol–water partition coefficient (Wildman–Crippen LogP) is 13.7. The Hall–Kier alpha value is -7.61. The lowest BCUT2D eigenvalue weighted by Gasteiger charge is -2.21. The number of hydrogen-bond donors (Lipinski definition) is 0. The van der Waals surface area contributed by atoms with Crippen molar-refractivity contribution in [1.82, 2.24) is 14.5 Å². The molecule has 0 N–H and O–H groups in total. The molecule has 0 saturated carbocycles. The van der Waals surface area contributed by atoms with Gasteiger partial charge in [-0.05, 0) is 89.3 Å². The van der Waals surface area contributed by atoms with E-state index in [0.29, 0.717) is 5.56 Å². The van der Waals surface area contributed by atoms with Crippen LogP contribution >= 0.6 is 0 Å². The highest BCUT2D eigenvalue weighted by atomic mass is 15.0. The summed E-state index contributed by atoms with van der Waals surface area (Å²) in [6.45, 7) is 4.53. The maximum absolute atomic E-state index is 9.79. The van der Waals surface area contributed by atoms with Gasteiger partial charge in [-0.1, -0.05) is 127 Å². The first-order chi connectivity index (χ1) is 28.1. The molecule has 11 rings (SSSR count). The maximum atomic E-state index is 9.79. The maximum Gasteiger partial charge on any atom is 0.0992 e. The van der Waals surface area contributed by atoms with Gasteiger partial charge in [-0.15, -0.1) is 0 Å². The van der Waals surface area contributed by atoms with Gasteiger partial charge in [-0.25, -0.2) is 9.97 Å². The summed E-state index contributed by atoms with van der Waals surface area (Å²) in [6.07, 6.45) is 0. The number of aromatic nitrogens is 3. The number of para-hydroxylation sites is 2. The second-order valence-corrected chi connectivity index (χ2v) is 14.9. The number of hydrogen-bond acceptors (Lipinski definition) is 3. The molecule has 3 heterocycles. The summed E-state index contributed by atoms with van der Waals surface area (Å²) in [7, 11) is 0. The van der Waals surface area contributed by atoms with E-state index in [1.807, 2.05) is 18.2 Å². The molecule has 0 unspecified atom stereocenters. The second kappa shape index (κ2) is 12.7. The number of benzene rings is 8. The van der Waals surface area contributed by atoms with Crippen LogP contribution in [-0.2, 0) is 0 Å². The minimum Gasteiger partial charge on any atom is -0.309 e. The summed E-state index contributed by atoms with van der Waals surface area (Å²) in [5, 5.41) is 19.1. The van der Waals surface area contributed by atoms with Gasteiger partial charge in [-0.3, -0.25) is 0 Å². The van der Waals surface area contributed by atoms with Crippen molar-refractivity contribution in [2.45, 2.75) is 13.8 Å². The second-order valence-electron chi connectivity index (χ2n) is 14.9. The zero-order valence-electron chi connectivity index (χ0n) is 31.5. The lowest BCUT2D eigenvalue weighted by molar-refractivity contribution is 1.18. The Bertz CT molecular complexity index is 3470. The van der Waals surface area contributed by atoms with Crippen molar-refractivity contribution in [3.8, 4) is 45.4 Å². The Balaban J connectivity index is 1.22. The molecule has 4 heteroatoms. The highest BCUT2D eigenvalue weighted by Crippen LogP contribution is 2.46. The van der Waals surface area contributed by atoms with Crippen LogP contribution in [0, 0.1) is 25.2 Å². The van der Waals surface area contributed by atoms with Gasteiger partial charge >= 0.3 is 0 Å². The fourth-order valence-electron chi connectivity index (χ4n) is 9.15. The van der Waals surface area contributed by atoms with Crippen molar-refractivity contribution in [2.24, 2.45) is 0 Å². The van der Waals surface area contributed by atoms with Gasteiger partial charge in [0, 0.05) is 49.1 Å². The molecular weight excluding hydrogens is 693 g/mol. The van der Waals surface area contributed by atoms with Gasteiger partial charge < -0.3 is 4.57 Å². The van der Waals surface area contributed by atoms with E-state index < -0.39 is 0 Å². The monoisotopic (exact) mass is 726 g/mol. The molecule has 0 atom stereocenters. The van der Waals surface area contributed by atoms with E-state index in [9.17, 15) is 5.26 Å². The smallest absolute Gasteiger partial charge is 0.0992 e. The van der Waals surface area contributed by atoms with Crippen LogP contribution in [0.1, 0.15) is 16.7 Å². The zero-order chi connectivity index (χ0) is 38.2. The Morgan fingerprint density at radius 2 is 0.912 bits per heavy atom. The van der Waals surface area contributed by atoms with Crippen LogP contribution in [0.15, 0.2) is 170 Å². The quantitative estimate of drug-likeness (QED) is 0.134. The highest BCUT2D eigenvalue weighted by molar-refractivity contribution is 6.25. The van der Waals surface area contributed by atoms with Gasteiger partial charge in [-0.2, -0.15) is 5.26 Å². The Morgan fingerprint density at radius 1 is 0.421 bits per heavy atom. The van der Waals surface area contributed by atoms with Gasteiger partial charge in [0.1, 0.15) is 0 Å². The number of pyridine rings is 2. The molecule has 3 aromatic heterocycles. The molecule has 0 fully saturated rings. The summed E-state index contributed by atoms with van der Waals surface area (Å²) in [6, 6.07) is 61.9. The standard InChI is InChI=1S/C53H34N4/c1-32-48-42-20-12-13-21-44(42)55-52(35-14-6-3-7-15-35)50(48)33(2)49-43-27-24-37(29-45(43)56-53(51(32)49)36-16-8-4-9-17-36)38-23-26-41-40-25-22-34(31-54)28-46(40)57(47(41)30-38)39-18-10-5-11-19-39/h3-30H,1-2H3. The van der Waals surface area contributed by atoms with Crippen LogP contribution in [-0.4, -0.2) is 14.5 Å². The third kappa shape index (κ3) is 4.99. The first-order valence-corrected chi connectivity index (χ1v) is 19.3. The Labute approximate surface area is 329 Å². The van der Waals surface area contributed by atoms with Gasteiger partial charge in [0.05, 0.1) is 45.1 Å². The fourth-order valence-corrected chi connectivity index (χ4v) is 9.15. The van der Waals surface area contributed by atoms with Crippen molar-refractivity contribution in [3.05, 3.63) is 187 Å². The van der Waals surface area contributed by atoms with Crippen LogP contribution < -0.4 is 0 Å². The molecule has 57 heavy (non-hydrogen) atoms. The fraction of sp³-hybridized carbons (Fsp3) is 0.0377. The highest BCUT2D eigenvalue weighted by Gasteiger charge is 2.23. The molecule has 0 radical (unpaired) electrons. The number of nitriles is 1. The minimum atomic E-state index is 0.642. The van der Waals surface area contributed by atoms with E-state index in [0.717, 1.165) is 82.9 Å². The number of fused-ring (bicyclic) bond motifs is 9. The lowest BCUT2D eigenvalue weighted by atomic mass is 9.85. The Kier molecular flexibility index (Phi) is 7.32. The van der Waals surface area contributed by atoms with Crippen LogP contribution in [0.2, 0.25) is 0 Å². The molecule has 8 aromatic carbocycles. The van der Waals surface area contributed by atoms with E-state index in [1.165, 1.54) is 32.7 Å². The normalized spacial score (nSPS) is 11.7. The lowest BCUT2D eigenvalue weighted by Crippen LogP contribution is -1.99. The van der Waals surface area contributed by atoms with Crippen molar-refractivity contribution >= 4 is 65.2 Å². The topological polar surface area (TPSA) is 54.5 Å². The SMILES string of the molecule is Cc1c2c(-c3ccccc3)nc3cc(-c4ccc5c6ccc(C#N)cc6n(-c6ccccc6)c5c4)ccc3c2c(C)c2c(-c3ccccc3)nc3ccccc3c12. The summed E-state index contributed by atoms with van der Waals surface area (Å²) >= 11 is 0. The van der Waals surface area contributed by atoms with E-state index in [-0.39, 0.29) is 0 Å². The van der Waals surface area contributed by atoms with E-state index in [1.54, 1.807) is 0 Å². The minimum absolute atomic E-state index is 0.642. The average Bonchev–Trinajstić information content (AvgIpc) is 3.60. The summed E-state index contributed by atoms with van der Waals surface area (Å²) < 4.78 is 2.27. The molecule has 0 aliphatic rings. The summed E-state index contributed by atoms with van der Waals surface area (Å²) in [4.78, 5) is 10.9. The molecule has 266 valence electrons. The third-order valence-electron chi connectivity index (χ3n) is 11.7. The number of aryl methyl sites for hydroxylation is 2. The summed E-state index contributed by atoms with van der Waals surface area (Å²) in [5.74, 6) is 0. The zero-order valence-corrected chi connectivity index (χ0v) is 31.5. The van der Waals surface area contributed by atoms with E-state index in [2.05, 4.69) is 176 Å². The Morgan fingerprint density at radius 3 is 1.54 bits per heavy atom. The van der Waals surface area contributed by atoms with Crippen LogP contribution in [0.25, 0.3) is 104 Å². The molecular formula is C53H34N4. The van der Waals surface area contributed by atoms with Crippen LogP contribution in [0.4, 0.5) is 0 Å². The van der Waals surface area contributed by atoms with Gasteiger partial charge in [0.15, 0.2) is 0 Å². The first kappa shape index (κ1) is 32.8. The predicted molar refractivity (Wildman–Crippen MR) is 237 cm³/mol. The molecule has 0 spiro atoms. The summed E-state index contributed by atoms with van der Waals surface area (Å²) in [5.41, 5.74) is 14.5. The van der Waals surface area contributed by atoms with Crippen molar-refractivity contribution in [2.75, 3.05) is 0 Å². The van der Waals surface area contributed by atoms with Crippen molar-refractivity contribution in [3.63, 3.8) is 0 Å². The van der Waals surface area contributed by atoms with Gasteiger partial charge in [0.2, 0.25) is 0 Å². The number of nitrogens with zero attached hydrogens (tertiary/aromatic N) is 4. The molecule has 0 bridgehead atoms. The molecule has 11 aromatic rings. The van der Waals surface area contributed by atoms with Crippen molar-refractivity contribution in [1.29, 1.82) is 5.26 Å².